The number of amides is 1. The molecule has 1 fully saturated rings. The van der Waals surface area contributed by atoms with Crippen LogP contribution in [0.5, 0.6) is 0 Å². The Labute approximate surface area is 137 Å². The van der Waals surface area contributed by atoms with E-state index in [1.165, 1.54) is 5.56 Å². The van der Waals surface area contributed by atoms with E-state index in [1.807, 2.05) is 30.3 Å². The van der Waals surface area contributed by atoms with E-state index in [4.69, 9.17) is 0 Å². The van der Waals surface area contributed by atoms with Crippen molar-refractivity contribution in [3.8, 4) is 0 Å². The molecular formula is C20H22N2O. The zero-order chi connectivity index (χ0) is 15.9. The zero-order valence-electron chi connectivity index (χ0n) is 13.2. The number of hydrazone groups is 1. The Balaban J connectivity index is 1.48. The van der Waals surface area contributed by atoms with Crippen molar-refractivity contribution >= 4 is 11.6 Å². The highest BCUT2D eigenvalue weighted by molar-refractivity contribution is 5.87. The van der Waals surface area contributed by atoms with Gasteiger partial charge in [-0.2, -0.15) is 5.10 Å². The third-order valence-corrected chi connectivity index (χ3v) is 4.38. The van der Waals surface area contributed by atoms with Gasteiger partial charge in [-0.1, -0.05) is 60.7 Å². The first kappa shape index (κ1) is 15.5. The van der Waals surface area contributed by atoms with Gasteiger partial charge in [0.05, 0.1) is 6.42 Å². The molecular weight excluding hydrogens is 284 g/mol. The van der Waals surface area contributed by atoms with Gasteiger partial charge in [-0.15, -0.1) is 0 Å². The number of hydrogen-bond donors (Lipinski definition) is 1. The van der Waals surface area contributed by atoms with Gasteiger partial charge in [0.1, 0.15) is 0 Å². The van der Waals surface area contributed by atoms with E-state index in [2.05, 4.69) is 40.9 Å². The first-order chi connectivity index (χ1) is 11.3. The number of nitrogens with zero attached hydrogens (tertiary/aromatic N) is 1. The Morgan fingerprint density at radius 2 is 1.57 bits per heavy atom. The van der Waals surface area contributed by atoms with Crippen molar-refractivity contribution < 1.29 is 4.79 Å². The smallest absolute Gasteiger partial charge is 0.244 e. The minimum absolute atomic E-state index is 0.0473. The van der Waals surface area contributed by atoms with Crippen LogP contribution in [0.25, 0.3) is 0 Å². The fourth-order valence-electron chi connectivity index (χ4n) is 3.08. The molecule has 3 heteroatoms. The molecule has 0 unspecified atom stereocenters. The second-order valence-corrected chi connectivity index (χ2v) is 6.06. The second kappa shape index (κ2) is 7.73. The van der Waals surface area contributed by atoms with Gasteiger partial charge in [0.25, 0.3) is 0 Å². The molecule has 1 aliphatic rings. The van der Waals surface area contributed by atoms with Crippen molar-refractivity contribution in [3.05, 3.63) is 71.8 Å². The van der Waals surface area contributed by atoms with Crippen molar-refractivity contribution in [2.75, 3.05) is 0 Å². The molecule has 3 rings (SSSR count). The Bertz CT molecular complexity index is 655. The average Bonchev–Trinajstić information content (AvgIpc) is 2.62. The first-order valence-electron chi connectivity index (χ1n) is 8.24. The Morgan fingerprint density at radius 3 is 2.22 bits per heavy atom. The third-order valence-electron chi connectivity index (χ3n) is 4.38. The predicted octanol–water partition coefficient (Wildman–Crippen LogP) is 4.06. The molecule has 1 N–H and O–H groups in total. The van der Waals surface area contributed by atoms with Gasteiger partial charge >= 0.3 is 0 Å². The first-order valence-corrected chi connectivity index (χ1v) is 8.24. The van der Waals surface area contributed by atoms with Crippen molar-refractivity contribution in [2.24, 2.45) is 5.10 Å². The molecule has 3 nitrogen and oxygen atoms in total. The monoisotopic (exact) mass is 306 g/mol. The second-order valence-electron chi connectivity index (χ2n) is 6.06. The molecule has 2 aromatic carbocycles. The molecule has 0 heterocycles. The zero-order valence-corrected chi connectivity index (χ0v) is 13.2. The van der Waals surface area contributed by atoms with Crippen LogP contribution < -0.4 is 5.43 Å². The summed E-state index contributed by atoms with van der Waals surface area (Å²) in [7, 11) is 0. The van der Waals surface area contributed by atoms with Crippen molar-refractivity contribution in [2.45, 2.75) is 38.0 Å². The van der Waals surface area contributed by atoms with Gasteiger partial charge in [-0.3, -0.25) is 4.79 Å². The summed E-state index contributed by atoms with van der Waals surface area (Å²) in [6.07, 6.45) is 4.52. The summed E-state index contributed by atoms with van der Waals surface area (Å²) >= 11 is 0. The molecule has 0 atom stereocenters. The quantitative estimate of drug-likeness (QED) is 0.850. The highest BCUT2D eigenvalue weighted by atomic mass is 16.2. The van der Waals surface area contributed by atoms with Crippen LogP contribution >= 0.6 is 0 Å². The molecule has 118 valence electrons. The molecule has 0 bridgehead atoms. The number of hydrogen-bond acceptors (Lipinski definition) is 2. The number of carbonyl (C=O) groups is 1. The average molecular weight is 306 g/mol. The van der Waals surface area contributed by atoms with Crippen LogP contribution in [-0.4, -0.2) is 11.6 Å². The van der Waals surface area contributed by atoms with Crippen molar-refractivity contribution in [1.82, 2.24) is 5.43 Å². The lowest BCUT2D eigenvalue weighted by molar-refractivity contribution is -0.120. The molecule has 0 aliphatic heterocycles. The third kappa shape index (κ3) is 4.52. The molecule has 0 aromatic heterocycles. The van der Waals surface area contributed by atoms with Crippen LogP contribution in [0.3, 0.4) is 0 Å². The lowest BCUT2D eigenvalue weighted by Gasteiger charge is -2.23. The lowest BCUT2D eigenvalue weighted by atomic mass is 9.83. The molecule has 2 aromatic rings. The summed E-state index contributed by atoms with van der Waals surface area (Å²) < 4.78 is 0. The van der Waals surface area contributed by atoms with E-state index in [9.17, 15) is 4.79 Å². The van der Waals surface area contributed by atoms with Crippen LogP contribution in [0.15, 0.2) is 65.8 Å². The summed E-state index contributed by atoms with van der Waals surface area (Å²) in [5.41, 5.74) is 6.24. The van der Waals surface area contributed by atoms with Gasteiger partial charge in [0, 0.05) is 5.71 Å². The van der Waals surface area contributed by atoms with Crippen LogP contribution in [0.1, 0.15) is 42.7 Å². The molecule has 1 saturated carbocycles. The summed E-state index contributed by atoms with van der Waals surface area (Å²) in [5.74, 6) is 0.573. The SMILES string of the molecule is O=C(Cc1ccccc1)NN=C1CCC(c2ccccc2)CC1. The van der Waals surface area contributed by atoms with E-state index in [1.54, 1.807) is 0 Å². The molecule has 0 spiro atoms. The van der Waals surface area contributed by atoms with Crippen LogP contribution in [-0.2, 0) is 11.2 Å². The lowest BCUT2D eigenvalue weighted by Crippen LogP contribution is -2.23. The van der Waals surface area contributed by atoms with Crippen LogP contribution in [0.2, 0.25) is 0 Å². The van der Waals surface area contributed by atoms with Gasteiger partial charge < -0.3 is 0 Å². The minimum Gasteiger partial charge on any atom is -0.273 e. The van der Waals surface area contributed by atoms with Crippen LogP contribution in [0.4, 0.5) is 0 Å². The van der Waals surface area contributed by atoms with E-state index in [0.717, 1.165) is 37.0 Å². The summed E-state index contributed by atoms with van der Waals surface area (Å²) in [4.78, 5) is 11.9. The van der Waals surface area contributed by atoms with Crippen LogP contribution in [0, 0.1) is 0 Å². The fraction of sp³-hybridized carbons (Fsp3) is 0.300. The van der Waals surface area contributed by atoms with E-state index >= 15 is 0 Å². The maximum atomic E-state index is 11.9. The van der Waals surface area contributed by atoms with E-state index in [0.29, 0.717) is 12.3 Å². The maximum absolute atomic E-state index is 11.9. The van der Waals surface area contributed by atoms with Gasteiger partial charge in [-0.25, -0.2) is 5.43 Å². The highest BCUT2D eigenvalue weighted by Crippen LogP contribution is 2.31. The minimum atomic E-state index is -0.0473. The largest absolute Gasteiger partial charge is 0.273 e. The Hall–Kier alpha value is -2.42. The number of nitrogens with one attached hydrogen (secondary N) is 1. The molecule has 1 aliphatic carbocycles. The van der Waals surface area contributed by atoms with Crippen molar-refractivity contribution in [1.29, 1.82) is 0 Å². The number of benzene rings is 2. The molecule has 1 amide bonds. The normalized spacial score (nSPS) is 17.6. The number of rotatable bonds is 4. The predicted molar refractivity (Wildman–Crippen MR) is 93.4 cm³/mol. The van der Waals surface area contributed by atoms with Crippen molar-refractivity contribution in [3.63, 3.8) is 0 Å². The summed E-state index contributed by atoms with van der Waals surface area (Å²) in [6, 6.07) is 20.4. The van der Waals surface area contributed by atoms with E-state index in [-0.39, 0.29) is 5.91 Å². The van der Waals surface area contributed by atoms with E-state index < -0.39 is 0 Å². The Morgan fingerprint density at radius 1 is 0.957 bits per heavy atom. The molecule has 0 saturated heterocycles. The maximum Gasteiger partial charge on any atom is 0.244 e. The van der Waals surface area contributed by atoms with Gasteiger partial charge in [0.15, 0.2) is 0 Å². The molecule has 23 heavy (non-hydrogen) atoms. The van der Waals surface area contributed by atoms with Gasteiger partial charge in [0.2, 0.25) is 5.91 Å². The standard InChI is InChI=1S/C20H22N2O/c23-20(15-16-7-3-1-4-8-16)22-21-19-13-11-18(12-14-19)17-9-5-2-6-10-17/h1-10,18H,11-15H2,(H,22,23). The van der Waals surface area contributed by atoms with Gasteiger partial charge in [-0.05, 0) is 42.7 Å². The topological polar surface area (TPSA) is 41.5 Å². The molecule has 0 radical (unpaired) electrons. The fourth-order valence-corrected chi connectivity index (χ4v) is 3.08. The summed E-state index contributed by atoms with van der Waals surface area (Å²) in [5, 5.41) is 4.32. The highest BCUT2D eigenvalue weighted by Gasteiger charge is 2.19. The number of carbonyl (C=O) groups excluding carboxylic acids is 1. The Kier molecular flexibility index (Phi) is 5.20. The summed E-state index contributed by atoms with van der Waals surface area (Å²) in [6.45, 7) is 0.